The van der Waals surface area contributed by atoms with E-state index in [1.807, 2.05) is 6.66 Å². The quantitative estimate of drug-likeness (QED) is 0.0391. The molecule has 53 heavy (non-hydrogen) atoms. The first-order valence-electron chi connectivity index (χ1n) is 22.2. The van der Waals surface area contributed by atoms with Gasteiger partial charge in [0.2, 0.25) is 0 Å². The molecule has 0 radical (unpaired) electrons. The summed E-state index contributed by atoms with van der Waals surface area (Å²) in [6.45, 7) is 7.26. The zero-order valence-electron chi connectivity index (χ0n) is 35.5. The number of hydrogen-bond donors (Lipinski definition) is 1. The molecular formula is C44H87O7PS. The number of carbonyl (C=O) groups is 2. The maximum atomic E-state index is 11.1. The summed E-state index contributed by atoms with van der Waals surface area (Å²) in [5.41, 5.74) is 0. The molecule has 0 amide bonds. The van der Waals surface area contributed by atoms with Crippen molar-refractivity contribution in [3.8, 4) is 0 Å². The largest absolute Gasteiger partial charge is 0.469 e. The molecule has 0 spiro atoms. The van der Waals surface area contributed by atoms with Gasteiger partial charge in [-0.15, -0.1) is 0 Å². The van der Waals surface area contributed by atoms with Gasteiger partial charge in [-0.25, -0.2) is 0 Å². The second-order valence-corrected chi connectivity index (χ2v) is 16.4. The van der Waals surface area contributed by atoms with Crippen LogP contribution in [0.5, 0.6) is 0 Å². The summed E-state index contributed by atoms with van der Waals surface area (Å²) in [5.74, 6) is -0.168. The highest BCUT2D eigenvalue weighted by Gasteiger charge is 2.19. The summed E-state index contributed by atoms with van der Waals surface area (Å²) in [7, 11) is 3.91. The predicted molar refractivity (Wildman–Crippen MR) is 229 cm³/mol. The third-order valence-electron chi connectivity index (χ3n) is 10.0. The number of ether oxygens (including phenoxy) is 4. The maximum absolute atomic E-state index is 11.1. The minimum atomic E-state index is -0.0896. The molecule has 1 aliphatic rings. The van der Waals surface area contributed by atoms with Crippen LogP contribution in [0.2, 0.25) is 0 Å². The first-order chi connectivity index (χ1) is 25.9. The van der Waals surface area contributed by atoms with Gasteiger partial charge in [0, 0.05) is 19.4 Å². The molecule has 1 heterocycles. The molecule has 1 N–H and O–H groups in total. The second kappa shape index (κ2) is 45.7. The molecule has 1 fully saturated rings. The van der Waals surface area contributed by atoms with Gasteiger partial charge in [0.1, 0.15) is 0 Å². The van der Waals surface area contributed by atoms with Crippen molar-refractivity contribution in [3.05, 3.63) is 0 Å². The lowest BCUT2D eigenvalue weighted by molar-refractivity contribution is -0.190. The van der Waals surface area contributed by atoms with E-state index in [2.05, 4.69) is 35.1 Å². The molecule has 0 aromatic carbocycles. The molecule has 3 unspecified atom stereocenters. The molecule has 0 bridgehead atoms. The van der Waals surface area contributed by atoms with Crippen LogP contribution in [-0.2, 0) is 40.3 Å². The van der Waals surface area contributed by atoms with E-state index in [4.69, 9.17) is 9.47 Å². The van der Waals surface area contributed by atoms with Gasteiger partial charge in [-0.1, -0.05) is 167 Å². The minimum Gasteiger partial charge on any atom is -0.469 e. The third kappa shape index (κ3) is 43.9. The van der Waals surface area contributed by atoms with E-state index in [0.29, 0.717) is 18.9 Å². The van der Waals surface area contributed by atoms with E-state index in [9.17, 15) is 14.7 Å². The zero-order valence-corrected chi connectivity index (χ0v) is 37.2. The van der Waals surface area contributed by atoms with E-state index in [-0.39, 0.29) is 24.3 Å². The molecule has 1 rings (SSSR count). The predicted octanol–water partition coefficient (Wildman–Crippen LogP) is 13.4. The molecule has 0 saturated carbocycles. The van der Waals surface area contributed by atoms with Crippen molar-refractivity contribution in [2.75, 3.05) is 27.5 Å². The summed E-state index contributed by atoms with van der Waals surface area (Å²) in [6, 6.07) is 0. The van der Waals surface area contributed by atoms with Gasteiger partial charge < -0.3 is 24.1 Å². The summed E-state index contributed by atoms with van der Waals surface area (Å²) in [5, 5.41) is 9.88. The smallest absolute Gasteiger partial charge is 0.305 e. The van der Waals surface area contributed by atoms with Crippen molar-refractivity contribution in [1.29, 1.82) is 0 Å². The Morgan fingerprint density at radius 2 is 0.981 bits per heavy atom. The average molecular weight is 791 g/mol. The molecule has 0 aromatic rings. The highest BCUT2D eigenvalue weighted by molar-refractivity contribution is 7.96. The van der Waals surface area contributed by atoms with Gasteiger partial charge in [0.25, 0.3) is 0 Å². The first-order valence-corrected chi connectivity index (χ1v) is 24.5. The Kier molecular flexibility index (Phi) is 47.0. The van der Waals surface area contributed by atoms with Crippen LogP contribution in [0.3, 0.4) is 0 Å². The van der Waals surface area contributed by atoms with E-state index >= 15 is 0 Å². The van der Waals surface area contributed by atoms with Crippen LogP contribution in [0, 0.1) is 0 Å². The fourth-order valence-corrected chi connectivity index (χ4v) is 6.68. The van der Waals surface area contributed by atoms with Gasteiger partial charge in [-0.05, 0) is 71.8 Å². The Bertz CT molecular complexity index is 766. The first kappa shape index (κ1) is 54.4. The number of rotatable bonds is 34. The topological polar surface area (TPSA) is 91.3 Å². The van der Waals surface area contributed by atoms with Crippen molar-refractivity contribution in [2.24, 2.45) is 0 Å². The molecule has 0 aromatic heterocycles. The van der Waals surface area contributed by atoms with Crippen LogP contribution in [0.1, 0.15) is 226 Å². The van der Waals surface area contributed by atoms with Crippen LogP contribution in [0.15, 0.2) is 0 Å². The number of esters is 2. The Hall–Kier alpha value is -0.660. The summed E-state index contributed by atoms with van der Waals surface area (Å²) in [6.07, 6.45) is 39.0. The van der Waals surface area contributed by atoms with Crippen molar-refractivity contribution in [1.82, 2.24) is 0 Å². The summed E-state index contributed by atoms with van der Waals surface area (Å²) in [4.78, 5) is 22.0. The zero-order chi connectivity index (χ0) is 39.5. The van der Waals surface area contributed by atoms with Gasteiger partial charge in [0.15, 0.2) is 6.29 Å². The average Bonchev–Trinajstić information content (AvgIpc) is 3.17. The fraction of sp³-hybridized carbons (Fsp3) is 0.955. The van der Waals surface area contributed by atoms with Crippen molar-refractivity contribution < 1.29 is 33.6 Å². The maximum Gasteiger partial charge on any atom is 0.305 e. The standard InChI is InChI=1S/C24H46O4.C19H38O3.CH3PS/c1-3-4-5-12-17-22(28-24-20-15-16-21-27-24)18-13-10-8-6-7-9-11-14-19-23(25)26-2;1-3-4-5-12-15-18(20)16-13-10-8-6-7-9-11-14-17-19(21)22-2;1-2-3/h22,24H,3-21H2,1-2H3;18,20H,3-17H2,1-2H3;1H3. The van der Waals surface area contributed by atoms with Crippen LogP contribution < -0.4 is 0 Å². The van der Waals surface area contributed by atoms with E-state index in [1.54, 1.807) is 0 Å². The van der Waals surface area contributed by atoms with E-state index in [1.165, 1.54) is 162 Å². The SMILES string of the molecule is CCCCCCC(CCCCCCCCCCC(=O)OC)OC1CCCCO1.CCCCCCC(O)CCCCCCCCCCC(=O)OC.CP=S. The Balaban J connectivity index is 0. The summed E-state index contributed by atoms with van der Waals surface area (Å²) >= 11 is 4.37. The Morgan fingerprint density at radius 1 is 0.623 bits per heavy atom. The van der Waals surface area contributed by atoms with Crippen LogP contribution in [-0.4, -0.2) is 63.0 Å². The summed E-state index contributed by atoms with van der Waals surface area (Å²) < 4.78 is 21.4. The normalized spacial score (nSPS) is 15.1. The van der Waals surface area contributed by atoms with Crippen LogP contribution >= 0.6 is 7.36 Å². The number of aliphatic hydroxyl groups excluding tert-OH is 1. The van der Waals surface area contributed by atoms with Crippen molar-refractivity contribution >= 4 is 31.1 Å². The van der Waals surface area contributed by atoms with Gasteiger partial charge >= 0.3 is 11.9 Å². The second-order valence-electron chi connectivity index (χ2n) is 15.0. The fourth-order valence-electron chi connectivity index (χ4n) is 6.68. The molecule has 1 aliphatic heterocycles. The lowest BCUT2D eigenvalue weighted by atomic mass is 10.0. The Morgan fingerprint density at radius 3 is 1.34 bits per heavy atom. The molecule has 0 aliphatic carbocycles. The number of carbonyl (C=O) groups excluding carboxylic acids is 2. The molecule has 9 heteroatoms. The van der Waals surface area contributed by atoms with Crippen molar-refractivity contribution in [3.63, 3.8) is 0 Å². The van der Waals surface area contributed by atoms with Gasteiger partial charge in [-0.3, -0.25) is 9.59 Å². The number of methoxy groups -OCH3 is 2. The van der Waals surface area contributed by atoms with E-state index in [0.717, 1.165) is 65.3 Å². The highest BCUT2D eigenvalue weighted by atomic mass is 32.4. The molecule has 3 atom stereocenters. The number of hydrogen-bond acceptors (Lipinski definition) is 8. The molecule has 1 saturated heterocycles. The molecule has 316 valence electrons. The van der Waals surface area contributed by atoms with E-state index < -0.39 is 0 Å². The number of unbranched alkanes of at least 4 members (excludes halogenated alkanes) is 20. The third-order valence-corrected chi connectivity index (χ3v) is 10.0. The Labute approximate surface area is 335 Å². The molecular weight excluding hydrogens is 704 g/mol. The van der Waals surface area contributed by atoms with Gasteiger partial charge in [0.05, 0.1) is 26.4 Å². The minimum absolute atomic E-state index is 0.0508. The number of aliphatic hydroxyl groups is 1. The highest BCUT2D eigenvalue weighted by Crippen LogP contribution is 2.22. The van der Waals surface area contributed by atoms with Crippen LogP contribution in [0.4, 0.5) is 0 Å². The van der Waals surface area contributed by atoms with Crippen molar-refractivity contribution in [2.45, 2.75) is 244 Å². The van der Waals surface area contributed by atoms with Crippen LogP contribution in [0.25, 0.3) is 0 Å². The monoisotopic (exact) mass is 791 g/mol. The molecule has 7 nitrogen and oxygen atoms in total. The lowest BCUT2D eigenvalue weighted by Crippen LogP contribution is -2.28. The van der Waals surface area contributed by atoms with Gasteiger partial charge in [-0.2, -0.15) is 0 Å². The lowest BCUT2D eigenvalue weighted by Gasteiger charge is -2.28.